The molecule has 384 valence electrons. The highest BCUT2D eigenvalue weighted by atomic mass is 16.7. The summed E-state index contributed by atoms with van der Waals surface area (Å²) in [6.07, 6.45) is -1.42. The molecule has 1 aliphatic rings. The molecule has 0 amide bonds. The molecular weight excluding hydrogens is 927 g/mol. The Morgan fingerprint density at radius 2 is 1.15 bits per heavy atom. The molecule has 0 radical (unpaired) electrons. The van der Waals surface area contributed by atoms with Crippen molar-refractivity contribution in [3.63, 3.8) is 0 Å². The third kappa shape index (κ3) is 11.6. The van der Waals surface area contributed by atoms with Gasteiger partial charge in [0.15, 0.2) is 60.2 Å². The van der Waals surface area contributed by atoms with Crippen LogP contribution in [0.4, 0.5) is 0 Å². The Bertz CT molecular complexity index is 2910. The predicted molar refractivity (Wildman–Crippen MR) is 257 cm³/mol. The Kier molecular flexibility index (Phi) is 15.7. The van der Waals surface area contributed by atoms with Gasteiger partial charge in [-0.25, -0.2) is 9.59 Å². The summed E-state index contributed by atoms with van der Waals surface area (Å²) >= 11 is 0. The molecule has 5 rings (SSSR count). The molecule has 3 aromatic carbocycles. The Morgan fingerprint density at radius 1 is 0.676 bits per heavy atom. The van der Waals surface area contributed by atoms with Gasteiger partial charge in [0.2, 0.25) is 5.43 Å². The quantitative estimate of drug-likeness (QED) is 0.0289. The zero-order chi connectivity index (χ0) is 53.6. The molecule has 2 heterocycles. The summed E-state index contributed by atoms with van der Waals surface area (Å²) in [6.45, 7) is 20.7. The summed E-state index contributed by atoms with van der Waals surface area (Å²) in [5, 5.41) is -0.857. The van der Waals surface area contributed by atoms with Crippen molar-refractivity contribution < 1.29 is 80.6 Å². The van der Waals surface area contributed by atoms with Crippen LogP contribution < -0.4 is 29.1 Å². The van der Waals surface area contributed by atoms with Crippen molar-refractivity contribution in [1.29, 1.82) is 0 Å². The lowest BCUT2D eigenvalue weighted by Gasteiger charge is -2.37. The van der Waals surface area contributed by atoms with E-state index in [1.165, 1.54) is 59.2 Å². The van der Waals surface area contributed by atoms with Gasteiger partial charge in [0.05, 0.1) is 32.7 Å². The maximum Gasteiger partial charge on any atom is 0.343 e. The zero-order valence-corrected chi connectivity index (χ0v) is 43.6. The number of methoxy groups -OCH3 is 2. The molecule has 0 bridgehead atoms. The Hall–Kier alpha value is -6.70. The van der Waals surface area contributed by atoms with Gasteiger partial charge in [0.1, 0.15) is 45.2 Å². The Labute approximate surface area is 411 Å². The first-order valence-electron chi connectivity index (χ1n) is 22.5. The number of hydrogen-bond donors (Lipinski definition) is 0. The van der Waals surface area contributed by atoms with E-state index in [0.29, 0.717) is 0 Å². The maximum absolute atomic E-state index is 15.4. The minimum absolute atomic E-state index is 0.0111. The van der Waals surface area contributed by atoms with Crippen molar-refractivity contribution >= 4 is 63.2 Å². The van der Waals surface area contributed by atoms with Crippen LogP contribution in [0.15, 0.2) is 27.4 Å². The van der Waals surface area contributed by atoms with Crippen LogP contribution in [0.1, 0.15) is 147 Å². The van der Waals surface area contributed by atoms with Crippen LogP contribution in [0.5, 0.6) is 28.7 Å². The molecule has 19 heteroatoms. The molecule has 0 spiro atoms. The monoisotopic (exact) mass is 989 g/mol. The first-order valence-corrected chi connectivity index (χ1v) is 22.5. The lowest BCUT2D eigenvalue weighted by Crippen LogP contribution is -2.50. The standard InChI is InChI=1S/C52H63NO18/c1-24-26(38(55)37-40(57)34-29(67-44(37)53(15)16)21-31(65-23-63-18)43(69-48(61)50(6,7)8)36(34)46(59)71-52(12,13)14)19-27-39(56)33-28(66-41(27)32(24)25(2)54)20-30(64-22-62-17)42(68-47(60)49(3,4)5)35(33)45(58)70-51(9,10)11/h19-21,37,44H,22-23H2,1-18H3. The molecule has 1 aliphatic heterocycles. The maximum atomic E-state index is 15.4. The van der Waals surface area contributed by atoms with Crippen LogP contribution in [0.25, 0.3) is 21.9 Å². The molecule has 4 aromatic rings. The molecular formula is C52H63NO18. The Morgan fingerprint density at radius 3 is 1.61 bits per heavy atom. The van der Waals surface area contributed by atoms with Crippen LogP contribution in [0, 0.1) is 23.7 Å². The van der Waals surface area contributed by atoms with E-state index in [9.17, 15) is 24.0 Å². The third-order valence-corrected chi connectivity index (χ3v) is 10.6. The molecule has 0 N–H and O–H groups in total. The van der Waals surface area contributed by atoms with Crippen molar-refractivity contribution in [2.75, 3.05) is 41.9 Å². The van der Waals surface area contributed by atoms with E-state index >= 15 is 14.4 Å². The van der Waals surface area contributed by atoms with Crippen molar-refractivity contribution in [1.82, 2.24) is 4.90 Å². The summed E-state index contributed by atoms with van der Waals surface area (Å²) in [5.74, 6) is -10.1. The molecule has 2 atom stereocenters. The molecule has 0 saturated heterocycles. The fourth-order valence-corrected chi connectivity index (χ4v) is 7.34. The van der Waals surface area contributed by atoms with Gasteiger partial charge in [-0.1, -0.05) is 0 Å². The predicted octanol–water partition coefficient (Wildman–Crippen LogP) is 8.20. The highest BCUT2D eigenvalue weighted by Gasteiger charge is 2.49. The third-order valence-electron chi connectivity index (χ3n) is 10.6. The zero-order valence-electron chi connectivity index (χ0n) is 43.6. The second-order valence-electron chi connectivity index (χ2n) is 21.3. The number of nitrogens with zero attached hydrogens (tertiary/aromatic N) is 1. The van der Waals surface area contributed by atoms with Gasteiger partial charge >= 0.3 is 23.9 Å². The number of esters is 4. The van der Waals surface area contributed by atoms with Gasteiger partial charge in [0, 0.05) is 31.9 Å². The van der Waals surface area contributed by atoms with Gasteiger partial charge in [-0.05, 0) is 123 Å². The molecule has 1 aromatic heterocycles. The number of fused-ring (bicyclic) bond motifs is 3. The van der Waals surface area contributed by atoms with Crippen molar-refractivity contribution in [3.8, 4) is 28.7 Å². The second-order valence-corrected chi connectivity index (χ2v) is 21.3. The van der Waals surface area contributed by atoms with Gasteiger partial charge in [-0.3, -0.25) is 33.7 Å². The van der Waals surface area contributed by atoms with Crippen LogP contribution in [-0.4, -0.2) is 105 Å². The van der Waals surface area contributed by atoms with Crippen LogP contribution in [0.3, 0.4) is 0 Å². The minimum Gasteiger partial charge on any atom is -0.473 e. The van der Waals surface area contributed by atoms with Crippen molar-refractivity contribution in [2.24, 2.45) is 16.7 Å². The average molecular weight is 990 g/mol. The van der Waals surface area contributed by atoms with Crippen molar-refractivity contribution in [2.45, 2.75) is 114 Å². The number of rotatable bonds is 14. The van der Waals surface area contributed by atoms with Crippen LogP contribution in [-0.2, 0) is 28.5 Å². The minimum atomic E-state index is -1.85. The van der Waals surface area contributed by atoms with Gasteiger partial charge in [0.25, 0.3) is 0 Å². The van der Waals surface area contributed by atoms with E-state index in [1.807, 2.05) is 0 Å². The molecule has 19 nitrogen and oxygen atoms in total. The number of carbonyl (C=O) groups is 7. The molecule has 0 fully saturated rings. The normalized spacial score (nSPS) is 15.2. The fourth-order valence-electron chi connectivity index (χ4n) is 7.34. The van der Waals surface area contributed by atoms with E-state index in [0.717, 1.165) is 6.07 Å². The summed E-state index contributed by atoms with van der Waals surface area (Å²) in [4.78, 5) is 117. The van der Waals surface area contributed by atoms with Gasteiger partial charge in [-0.15, -0.1) is 0 Å². The topological polar surface area (TPSA) is 236 Å². The molecule has 0 aliphatic carbocycles. The largest absolute Gasteiger partial charge is 0.473 e. The molecule has 71 heavy (non-hydrogen) atoms. The smallest absolute Gasteiger partial charge is 0.343 e. The number of ketones is 3. The second kappa shape index (κ2) is 20.2. The number of carbonyl (C=O) groups excluding carboxylic acids is 7. The van der Waals surface area contributed by atoms with E-state index in [2.05, 4.69) is 0 Å². The van der Waals surface area contributed by atoms with Gasteiger partial charge < -0.3 is 47.0 Å². The summed E-state index contributed by atoms with van der Waals surface area (Å²) in [5.41, 5.74) is -8.34. The first-order chi connectivity index (χ1) is 32.6. The highest BCUT2D eigenvalue weighted by Crippen LogP contribution is 2.47. The van der Waals surface area contributed by atoms with Crippen LogP contribution >= 0.6 is 0 Å². The van der Waals surface area contributed by atoms with Crippen LogP contribution in [0.2, 0.25) is 0 Å². The summed E-state index contributed by atoms with van der Waals surface area (Å²) in [7, 11) is 5.72. The SMILES string of the molecule is COCOc1cc2c(c(C(=O)OC(C)(C)C)c1OC(=O)C(C)(C)C)C(=O)C(C(=O)c1cc3c(=O)c4c(C(=O)OC(C)(C)C)c(OC(=O)C(C)(C)C)c(OCOC)cc4oc3c(C(C)=O)c1C)C(N(C)C)O2. The van der Waals surface area contributed by atoms with Gasteiger partial charge in [-0.2, -0.15) is 0 Å². The number of Topliss-reactive ketones (excluding diaryl/α,β-unsaturated/α-hetero) is 3. The lowest BCUT2D eigenvalue weighted by atomic mass is 9.81. The van der Waals surface area contributed by atoms with E-state index in [1.54, 1.807) is 83.1 Å². The van der Waals surface area contributed by atoms with E-state index in [-0.39, 0.29) is 45.1 Å². The first kappa shape index (κ1) is 55.2. The van der Waals surface area contributed by atoms with E-state index in [4.69, 9.17) is 47.0 Å². The fraction of sp³-hybridized carbons (Fsp3) is 0.500. The number of ether oxygens (including phenoxy) is 9. The van der Waals surface area contributed by atoms with E-state index < -0.39 is 133 Å². The summed E-state index contributed by atoms with van der Waals surface area (Å²) in [6, 6.07) is 3.56. The average Bonchev–Trinajstić information content (AvgIpc) is 3.22. The highest BCUT2D eigenvalue weighted by molar-refractivity contribution is 6.24. The van der Waals surface area contributed by atoms with Crippen molar-refractivity contribution in [3.05, 3.63) is 61.8 Å². The summed E-state index contributed by atoms with van der Waals surface area (Å²) < 4.78 is 57.8. The Balaban J connectivity index is 1.90. The molecule has 2 unspecified atom stereocenters. The number of hydrogen-bond acceptors (Lipinski definition) is 19. The number of benzene rings is 3. The lowest BCUT2D eigenvalue weighted by molar-refractivity contribution is -0.144. The molecule has 0 saturated carbocycles.